The van der Waals surface area contributed by atoms with E-state index in [9.17, 15) is 31.6 Å². The van der Waals surface area contributed by atoms with Gasteiger partial charge in [0.25, 0.3) is 0 Å². The zero-order chi connectivity index (χ0) is 22.6. The van der Waals surface area contributed by atoms with Gasteiger partial charge in [-0.25, -0.2) is 0 Å². The first-order valence-corrected chi connectivity index (χ1v) is 9.90. The van der Waals surface area contributed by atoms with Crippen LogP contribution in [0.1, 0.15) is 21.6 Å². The quantitative estimate of drug-likeness (QED) is 0.382. The van der Waals surface area contributed by atoms with Crippen LogP contribution in [0.3, 0.4) is 0 Å². The third kappa shape index (κ3) is 2.91. The highest BCUT2D eigenvalue weighted by molar-refractivity contribution is 7.15. The number of hydrogen-bond acceptors (Lipinski definition) is 2. The molecule has 0 fully saturated rings. The van der Waals surface area contributed by atoms with Crippen molar-refractivity contribution in [2.24, 2.45) is 0 Å². The molecule has 31 heavy (non-hydrogen) atoms. The molecular formula is C23H13F6NS. The molecular weight excluding hydrogens is 436 g/mol. The van der Waals surface area contributed by atoms with Gasteiger partial charge in [0.15, 0.2) is 0 Å². The van der Waals surface area contributed by atoms with Gasteiger partial charge in [-0.15, -0.1) is 11.3 Å². The molecule has 8 heteroatoms. The highest BCUT2D eigenvalue weighted by atomic mass is 32.1. The fraction of sp³-hybridized carbons (Fsp3) is 0.174. The summed E-state index contributed by atoms with van der Waals surface area (Å²) in [7, 11) is 0. The van der Waals surface area contributed by atoms with Crippen LogP contribution in [0.5, 0.6) is 0 Å². The summed E-state index contributed by atoms with van der Waals surface area (Å²) >= 11 is 1.04. The predicted octanol–water partition coefficient (Wildman–Crippen LogP) is 7.43. The first-order valence-electron chi connectivity index (χ1n) is 9.08. The Morgan fingerprint density at radius 3 is 1.94 bits per heavy atom. The summed E-state index contributed by atoms with van der Waals surface area (Å²) in [6.45, 7) is 1.41. The van der Waals surface area contributed by atoms with Crippen LogP contribution < -0.4 is 0 Å². The van der Waals surface area contributed by atoms with Gasteiger partial charge in [-0.1, -0.05) is 48.5 Å². The van der Waals surface area contributed by atoms with Gasteiger partial charge in [-0.2, -0.15) is 31.6 Å². The number of allylic oxidation sites excluding steroid dienone is 2. The van der Waals surface area contributed by atoms with E-state index < -0.39 is 34.5 Å². The first kappa shape index (κ1) is 21.2. The standard InChI is InChI=1S/C23H13F6NS/c1-13-17(11-18(31-13)14-7-3-2-4-8-14)20-19(16-10-6-5-9-15(16)12-30)21(24,25)23(28,29)22(20,26)27/h2-11H,1H3. The van der Waals surface area contributed by atoms with E-state index in [-0.39, 0.29) is 16.0 Å². The third-order valence-corrected chi connectivity index (χ3v) is 6.33. The molecule has 158 valence electrons. The zero-order valence-electron chi connectivity index (χ0n) is 15.9. The highest BCUT2D eigenvalue weighted by Gasteiger charge is 2.80. The van der Waals surface area contributed by atoms with Gasteiger partial charge in [0, 0.05) is 26.5 Å². The summed E-state index contributed by atoms with van der Waals surface area (Å²) in [5.41, 5.74) is -3.72. The average Bonchev–Trinajstić information content (AvgIpc) is 3.16. The SMILES string of the molecule is Cc1sc(-c2ccccc2)cc1C1=C(c2ccccc2C#N)C(F)(F)C(F)(F)C1(F)F. The van der Waals surface area contributed by atoms with Crippen molar-refractivity contribution in [1.82, 2.24) is 0 Å². The second-order valence-electron chi connectivity index (χ2n) is 7.08. The molecule has 0 atom stereocenters. The Morgan fingerprint density at radius 2 is 1.32 bits per heavy atom. The lowest BCUT2D eigenvalue weighted by Crippen LogP contribution is -2.49. The Hall–Kier alpha value is -3.05. The van der Waals surface area contributed by atoms with Crippen molar-refractivity contribution in [3.8, 4) is 16.5 Å². The van der Waals surface area contributed by atoms with Crippen molar-refractivity contribution >= 4 is 22.5 Å². The van der Waals surface area contributed by atoms with Crippen LogP contribution in [-0.2, 0) is 0 Å². The second kappa shape index (κ2) is 6.99. The van der Waals surface area contributed by atoms with E-state index in [1.807, 2.05) is 0 Å². The van der Waals surface area contributed by atoms with Gasteiger partial charge in [0.2, 0.25) is 0 Å². The minimum absolute atomic E-state index is 0.189. The van der Waals surface area contributed by atoms with Crippen molar-refractivity contribution in [2.75, 3.05) is 0 Å². The molecule has 0 saturated heterocycles. The Bertz CT molecular complexity index is 1230. The molecule has 0 aliphatic heterocycles. The number of halogens is 6. The van der Waals surface area contributed by atoms with E-state index in [2.05, 4.69) is 0 Å². The summed E-state index contributed by atoms with van der Waals surface area (Å²) in [6.07, 6.45) is 0. The summed E-state index contributed by atoms with van der Waals surface area (Å²) in [5.74, 6) is -16.0. The predicted molar refractivity (Wildman–Crippen MR) is 107 cm³/mol. The molecule has 1 heterocycles. The molecule has 1 aromatic heterocycles. The van der Waals surface area contributed by atoms with Crippen molar-refractivity contribution < 1.29 is 26.3 Å². The lowest BCUT2D eigenvalue weighted by molar-refractivity contribution is -0.254. The van der Waals surface area contributed by atoms with Crippen molar-refractivity contribution in [3.63, 3.8) is 0 Å². The maximum Gasteiger partial charge on any atom is 0.380 e. The smallest absolute Gasteiger partial charge is 0.194 e. The summed E-state index contributed by atoms with van der Waals surface area (Å²) in [4.78, 5) is 0.664. The van der Waals surface area contributed by atoms with Crippen LogP contribution in [0, 0.1) is 18.3 Å². The molecule has 1 aliphatic carbocycles. The van der Waals surface area contributed by atoms with Crippen LogP contribution in [0.2, 0.25) is 0 Å². The van der Waals surface area contributed by atoms with Gasteiger partial charge < -0.3 is 0 Å². The number of nitriles is 1. The minimum atomic E-state index is -5.66. The number of rotatable bonds is 3. The molecule has 0 spiro atoms. The van der Waals surface area contributed by atoms with Crippen LogP contribution in [0.25, 0.3) is 21.6 Å². The van der Waals surface area contributed by atoms with Crippen molar-refractivity contribution in [3.05, 3.63) is 82.2 Å². The molecule has 0 saturated carbocycles. The van der Waals surface area contributed by atoms with E-state index in [1.54, 1.807) is 36.4 Å². The molecule has 0 radical (unpaired) electrons. The second-order valence-corrected chi connectivity index (χ2v) is 8.33. The summed E-state index contributed by atoms with van der Waals surface area (Å²) < 4.78 is 88.6. The minimum Gasteiger partial charge on any atom is -0.194 e. The fourth-order valence-electron chi connectivity index (χ4n) is 3.71. The fourth-order valence-corrected chi connectivity index (χ4v) is 4.74. The Balaban J connectivity index is 2.07. The number of benzene rings is 2. The Labute approximate surface area is 177 Å². The number of aryl methyl sites for hydroxylation is 1. The molecule has 0 amide bonds. The average molecular weight is 449 g/mol. The van der Waals surface area contributed by atoms with Crippen LogP contribution >= 0.6 is 11.3 Å². The Kier molecular flexibility index (Phi) is 4.78. The van der Waals surface area contributed by atoms with E-state index in [4.69, 9.17) is 0 Å². The molecule has 2 aromatic carbocycles. The molecule has 0 unspecified atom stereocenters. The third-order valence-electron chi connectivity index (χ3n) is 5.23. The lowest BCUT2D eigenvalue weighted by atomic mass is 9.92. The van der Waals surface area contributed by atoms with Gasteiger partial charge in [-0.05, 0) is 30.2 Å². The van der Waals surface area contributed by atoms with Crippen LogP contribution in [0.15, 0.2) is 60.7 Å². The van der Waals surface area contributed by atoms with Gasteiger partial charge >= 0.3 is 17.8 Å². The lowest BCUT2D eigenvalue weighted by Gasteiger charge is -2.26. The molecule has 1 nitrogen and oxygen atoms in total. The van der Waals surface area contributed by atoms with Crippen molar-refractivity contribution in [1.29, 1.82) is 5.26 Å². The van der Waals surface area contributed by atoms with Crippen LogP contribution in [-0.4, -0.2) is 17.8 Å². The van der Waals surface area contributed by atoms with E-state index in [1.165, 1.54) is 25.1 Å². The van der Waals surface area contributed by atoms with Crippen LogP contribution in [0.4, 0.5) is 26.3 Å². The van der Waals surface area contributed by atoms with E-state index >= 15 is 0 Å². The first-order chi connectivity index (χ1) is 14.5. The molecule has 3 aromatic rings. The molecule has 0 N–H and O–H groups in total. The van der Waals surface area contributed by atoms with E-state index in [0.29, 0.717) is 10.4 Å². The highest BCUT2D eigenvalue weighted by Crippen LogP contribution is 2.65. The summed E-state index contributed by atoms with van der Waals surface area (Å²) in [6, 6.07) is 16.1. The molecule has 1 aliphatic rings. The van der Waals surface area contributed by atoms with Gasteiger partial charge in [-0.3, -0.25) is 0 Å². The van der Waals surface area contributed by atoms with E-state index in [0.717, 1.165) is 23.5 Å². The number of thiophene rings is 1. The maximum atomic E-state index is 15.0. The molecule has 0 bridgehead atoms. The monoisotopic (exact) mass is 449 g/mol. The van der Waals surface area contributed by atoms with Gasteiger partial charge in [0.1, 0.15) is 0 Å². The normalized spacial score (nSPS) is 18.8. The molecule has 4 rings (SSSR count). The maximum absolute atomic E-state index is 15.0. The zero-order valence-corrected chi connectivity index (χ0v) is 16.7. The largest absolute Gasteiger partial charge is 0.380 e. The Morgan fingerprint density at radius 1 is 0.774 bits per heavy atom. The number of hydrogen-bond donors (Lipinski definition) is 0. The van der Waals surface area contributed by atoms with Gasteiger partial charge in [0.05, 0.1) is 11.6 Å². The summed E-state index contributed by atoms with van der Waals surface area (Å²) in [5, 5.41) is 9.28. The van der Waals surface area contributed by atoms with Crippen molar-refractivity contribution in [2.45, 2.75) is 24.7 Å². The number of nitrogens with zero attached hydrogens (tertiary/aromatic N) is 1. The number of alkyl halides is 6. The topological polar surface area (TPSA) is 23.8 Å².